The number of hydrogen-bond donors (Lipinski definition) is 1. The van der Waals surface area contributed by atoms with Gasteiger partial charge in [0, 0.05) is 31.8 Å². The predicted molar refractivity (Wildman–Crippen MR) is 115 cm³/mol. The molecule has 1 amide bonds. The monoisotopic (exact) mass is 420 g/mol. The maximum absolute atomic E-state index is 12.6. The van der Waals surface area contributed by atoms with Gasteiger partial charge in [0.2, 0.25) is 5.91 Å². The summed E-state index contributed by atoms with van der Waals surface area (Å²) >= 11 is 0. The molecular formula is C21H24N8O2. The average molecular weight is 420 g/mol. The van der Waals surface area contributed by atoms with E-state index in [1.54, 1.807) is 41.1 Å². The minimum atomic E-state index is -0.211. The number of aromatic nitrogens is 7. The lowest BCUT2D eigenvalue weighted by Crippen LogP contribution is -2.21. The molecule has 4 heterocycles. The molecule has 10 heteroatoms. The summed E-state index contributed by atoms with van der Waals surface area (Å²) in [5.74, 6) is 1.50. The highest BCUT2D eigenvalue weighted by Crippen LogP contribution is 2.27. The number of hydrogen-bond acceptors (Lipinski definition) is 7. The van der Waals surface area contributed by atoms with E-state index in [0.717, 1.165) is 17.1 Å². The lowest BCUT2D eigenvalue weighted by molar-refractivity contribution is -0.119. The average Bonchev–Trinajstić information content (AvgIpc) is 3.34. The van der Waals surface area contributed by atoms with Gasteiger partial charge in [-0.25, -0.2) is 19.5 Å². The van der Waals surface area contributed by atoms with Gasteiger partial charge in [0.25, 0.3) is 0 Å². The van der Waals surface area contributed by atoms with Crippen molar-refractivity contribution >= 4 is 17.4 Å². The van der Waals surface area contributed by atoms with Crippen LogP contribution in [0.3, 0.4) is 0 Å². The highest BCUT2D eigenvalue weighted by Gasteiger charge is 2.17. The van der Waals surface area contributed by atoms with Crippen molar-refractivity contribution in [1.82, 2.24) is 34.3 Å². The SMILES string of the molecule is COc1cnn(C)c1-c1ccc2nc(NC(=O)C(C)CCc3ncc(C)cn3)cn2n1. The van der Waals surface area contributed by atoms with E-state index in [4.69, 9.17) is 4.74 Å². The topological polar surface area (TPSA) is 112 Å². The van der Waals surface area contributed by atoms with E-state index in [2.05, 4.69) is 30.5 Å². The van der Waals surface area contributed by atoms with Crippen LogP contribution in [0.15, 0.2) is 36.9 Å². The number of imidazole rings is 1. The lowest BCUT2D eigenvalue weighted by atomic mass is 10.0. The van der Waals surface area contributed by atoms with Crippen LogP contribution in [-0.2, 0) is 18.3 Å². The highest BCUT2D eigenvalue weighted by molar-refractivity contribution is 5.91. The van der Waals surface area contributed by atoms with Crippen LogP contribution < -0.4 is 10.1 Å². The van der Waals surface area contributed by atoms with Crippen LogP contribution in [0.2, 0.25) is 0 Å². The molecule has 4 aromatic heterocycles. The Kier molecular flexibility index (Phi) is 5.61. The fourth-order valence-corrected chi connectivity index (χ4v) is 3.20. The van der Waals surface area contributed by atoms with Crippen LogP contribution in [0.4, 0.5) is 5.82 Å². The van der Waals surface area contributed by atoms with Gasteiger partial charge in [0.05, 0.1) is 19.5 Å². The third-order valence-corrected chi connectivity index (χ3v) is 5.02. The van der Waals surface area contributed by atoms with Gasteiger partial charge in [-0.3, -0.25) is 9.48 Å². The fraction of sp³-hybridized carbons (Fsp3) is 0.333. The molecule has 31 heavy (non-hydrogen) atoms. The quantitative estimate of drug-likeness (QED) is 0.489. The second kappa shape index (κ2) is 8.50. The summed E-state index contributed by atoms with van der Waals surface area (Å²) in [6.07, 6.45) is 8.18. The molecule has 0 spiro atoms. The van der Waals surface area contributed by atoms with Crippen LogP contribution in [0.5, 0.6) is 5.75 Å². The minimum Gasteiger partial charge on any atom is -0.493 e. The zero-order valence-electron chi connectivity index (χ0n) is 17.9. The number of rotatable bonds is 7. The van der Waals surface area contributed by atoms with Crippen molar-refractivity contribution in [2.24, 2.45) is 13.0 Å². The van der Waals surface area contributed by atoms with Gasteiger partial charge in [0.1, 0.15) is 17.2 Å². The lowest BCUT2D eigenvalue weighted by Gasteiger charge is -2.10. The molecule has 0 aliphatic rings. The van der Waals surface area contributed by atoms with Crippen molar-refractivity contribution in [1.29, 1.82) is 0 Å². The Hall–Kier alpha value is -3.82. The number of fused-ring (bicyclic) bond motifs is 1. The van der Waals surface area contributed by atoms with Gasteiger partial charge in [-0.1, -0.05) is 6.92 Å². The Morgan fingerprint density at radius 1 is 1.23 bits per heavy atom. The fourth-order valence-electron chi connectivity index (χ4n) is 3.20. The van der Waals surface area contributed by atoms with Gasteiger partial charge in [-0.15, -0.1) is 0 Å². The van der Waals surface area contributed by atoms with Crippen LogP contribution in [0.1, 0.15) is 24.7 Å². The van der Waals surface area contributed by atoms with E-state index < -0.39 is 0 Å². The van der Waals surface area contributed by atoms with E-state index in [9.17, 15) is 4.79 Å². The Labute approximate surface area is 179 Å². The first kappa shape index (κ1) is 20.5. The number of carbonyl (C=O) groups excluding carboxylic acids is 1. The van der Waals surface area contributed by atoms with Crippen LogP contribution in [0, 0.1) is 12.8 Å². The summed E-state index contributed by atoms with van der Waals surface area (Å²) in [5, 5.41) is 11.7. The molecular weight excluding hydrogens is 396 g/mol. The van der Waals surface area contributed by atoms with Crippen molar-refractivity contribution in [2.45, 2.75) is 26.7 Å². The number of aryl methyl sites for hydroxylation is 3. The summed E-state index contributed by atoms with van der Waals surface area (Å²) in [7, 11) is 3.42. The molecule has 0 aromatic carbocycles. The molecule has 4 rings (SSSR count). The molecule has 10 nitrogen and oxygen atoms in total. The molecule has 0 bridgehead atoms. The van der Waals surface area contributed by atoms with Gasteiger partial charge >= 0.3 is 0 Å². The van der Waals surface area contributed by atoms with Crippen LogP contribution >= 0.6 is 0 Å². The zero-order chi connectivity index (χ0) is 22.0. The number of carbonyl (C=O) groups is 1. The number of nitrogens with one attached hydrogen (secondary N) is 1. The number of ether oxygens (including phenoxy) is 1. The number of nitrogens with zero attached hydrogens (tertiary/aromatic N) is 7. The van der Waals surface area contributed by atoms with E-state index >= 15 is 0 Å². The van der Waals surface area contributed by atoms with Gasteiger partial charge in [-0.05, 0) is 31.0 Å². The Morgan fingerprint density at radius 2 is 2.00 bits per heavy atom. The third kappa shape index (κ3) is 4.37. The third-order valence-electron chi connectivity index (χ3n) is 5.02. The standard InChI is InChI=1S/C21H24N8O2/c1-13-9-22-17(23-10-13)7-5-14(2)21(30)26-18-12-29-19(25-18)8-6-15(27-29)20-16(31-4)11-24-28(20)3/h6,8-12,14H,5,7H2,1-4H3,(H,26,30). The van der Waals surface area contributed by atoms with E-state index in [1.165, 1.54) is 0 Å². The first-order chi connectivity index (χ1) is 14.9. The zero-order valence-corrected chi connectivity index (χ0v) is 17.9. The number of anilines is 1. The molecule has 1 atom stereocenters. The molecule has 4 aromatic rings. The highest BCUT2D eigenvalue weighted by atomic mass is 16.5. The molecule has 0 fully saturated rings. The molecule has 0 radical (unpaired) electrons. The van der Waals surface area contributed by atoms with E-state index in [-0.39, 0.29) is 11.8 Å². The second-order valence-electron chi connectivity index (χ2n) is 7.44. The molecule has 0 saturated heterocycles. The van der Waals surface area contributed by atoms with E-state index in [1.807, 2.05) is 33.0 Å². The van der Waals surface area contributed by atoms with Gasteiger partial charge in [0.15, 0.2) is 17.2 Å². The van der Waals surface area contributed by atoms with Gasteiger partial charge < -0.3 is 10.1 Å². The molecule has 160 valence electrons. The smallest absolute Gasteiger partial charge is 0.228 e. The first-order valence-electron chi connectivity index (χ1n) is 9.95. The Bertz CT molecular complexity index is 1210. The summed E-state index contributed by atoms with van der Waals surface area (Å²) in [6.45, 7) is 3.82. The van der Waals surface area contributed by atoms with E-state index in [0.29, 0.717) is 35.8 Å². The normalized spacial score (nSPS) is 12.1. The van der Waals surface area contributed by atoms with Gasteiger partial charge in [-0.2, -0.15) is 10.2 Å². The number of amides is 1. The van der Waals surface area contributed by atoms with Crippen LogP contribution in [-0.4, -0.2) is 47.4 Å². The first-order valence-corrected chi connectivity index (χ1v) is 9.95. The Morgan fingerprint density at radius 3 is 2.74 bits per heavy atom. The maximum atomic E-state index is 12.6. The largest absolute Gasteiger partial charge is 0.493 e. The second-order valence-corrected chi connectivity index (χ2v) is 7.44. The molecule has 1 unspecified atom stereocenters. The van der Waals surface area contributed by atoms with Crippen molar-refractivity contribution in [3.05, 3.63) is 48.3 Å². The predicted octanol–water partition coefficient (Wildman–Crippen LogP) is 2.44. The summed E-state index contributed by atoms with van der Waals surface area (Å²) in [5.41, 5.74) is 3.09. The van der Waals surface area contributed by atoms with Crippen molar-refractivity contribution in [3.8, 4) is 17.1 Å². The van der Waals surface area contributed by atoms with Crippen molar-refractivity contribution in [3.63, 3.8) is 0 Å². The maximum Gasteiger partial charge on any atom is 0.228 e. The van der Waals surface area contributed by atoms with Crippen LogP contribution in [0.25, 0.3) is 17.0 Å². The van der Waals surface area contributed by atoms with Crippen molar-refractivity contribution in [2.75, 3.05) is 12.4 Å². The molecule has 0 saturated carbocycles. The number of methoxy groups -OCH3 is 1. The molecule has 0 aliphatic carbocycles. The summed E-state index contributed by atoms with van der Waals surface area (Å²) in [6, 6.07) is 3.68. The molecule has 0 aliphatic heterocycles. The Balaban J connectivity index is 1.45. The minimum absolute atomic E-state index is 0.107. The summed E-state index contributed by atoms with van der Waals surface area (Å²) < 4.78 is 8.69. The molecule has 1 N–H and O–H groups in total. The van der Waals surface area contributed by atoms with Crippen molar-refractivity contribution < 1.29 is 9.53 Å². The summed E-state index contributed by atoms with van der Waals surface area (Å²) in [4.78, 5) is 25.6.